The molecular formula is C27H30F2N4O2. The molecule has 184 valence electrons. The number of alkyl halides is 2. The Hall–Kier alpha value is -3.13. The Bertz CT molecular complexity index is 1250. The van der Waals surface area contributed by atoms with Crippen molar-refractivity contribution in [1.29, 1.82) is 0 Å². The summed E-state index contributed by atoms with van der Waals surface area (Å²) in [4.78, 5) is 26.1. The zero-order chi connectivity index (χ0) is 24.8. The SMILES string of the molecule is CN(C)CCCOc1ccc(-c2ccc3ncc4c(c3c2)C2(CCC(F)(F)CC2)C(=O)N4C)cn1. The third kappa shape index (κ3) is 4.24. The number of carbonyl (C=O) groups is 1. The summed E-state index contributed by atoms with van der Waals surface area (Å²) in [5, 5.41) is 0.840. The average Bonchev–Trinajstić information content (AvgIpc) is 3.06. The fraction of sp³-hybridized carbons (Fsp3) is 0.444. The number of benzene rings is 1. The molecule has 3 heterocycles. The Labute approximate surface area is 203 Å². The minimum Gasteiger partial charge on any atom is -0.478 e. The summed E-state index contributed by atoms with van der Waals surface area (Å²) in [6, 6.07) is 9.71. The first kappa shape index (κ1) is 23.6. The molecule has 2 aromatic heterocycles. The number of amides is 1. The normalized spacial score (nSPS) is 18.5. The maximum atomic E-state index is 14.0. The highest BCUT2D eigenvalue weighted by molar-refractivity contribution is 6.12. The number of aromatic nitrogens is 2. The molecule has 35 heavy (non-hydrogen) atoms. The number of fused-ring (bicyclic) bond motifs is 4. The second kappa shape index (κ2) is 8.82. The first-order valence-corrected chi connectivity index (χ1v) is 12.0. The Balaban J connectivity index is 1.48. The van der Waals surface area contributed by atoms with Gasteiger partial charge in [0.2, 0.25) is 17.7 Å². The highest BCUT2D eigenvalue weighted by Crippen LogP contribution is 2.54. The van der Waals surface area contributed by atoms with E-state index in [4.69, 9.17) is 4.74 Å². The number of halogens is 2. The van der Waals surface area contributed by atoms with Gasteiger partial charge in [0.15, 0.2) is 0 Å². The number of anilines is 1. The van der Waals surface area contributed by atoms with E-state index < -0.39 is 11.3 Å². The Morgan fingerprint density at radius 1 is 1.03 bits per heavy atom. The number of likely N-dealkylation sites (N-methyl/N-ethyl adjacent to an activating group) is 1. The van der Waals surface area contributed by atoms with E-state index in [9.17, 15) is 13.6 Å². The summed E-state index contributed by atoms with van der Waals surface area (Å²) >= 11 is 0. The summed E-state index contributed by atoms with van der Waals surface area (Å²) in [5.74, 6) is -2.26. The van der Waals surface area contributed by atoms with Crippen molar-refractivity contribution in [2.24, 2.45) is 0 Å². The topological polar surface area (TPSA) is 58.6 Å². The van der Waals surface area contributed by atoms with Crippen LogP contribution in [0.2, 0.25) is 0 Å². The molecule has 0 radical (unpaired) electrons. The number of hydrogen-bond acceptors (Lipinski definition) is 5. The van der Waals surface area contributed by atoms with E-state index in [2.05, 4.69) is 14.9 Å². The van der Waals surface area contributed by atoms with Crippen LogP contribution in [0.5, 0.6) is 5.88 Å². The molecule has 6 nitrogen and oxygen atoms in total. The quantitative estimate of drug-likeness (QED) is 0.462. The first-order valence-electron chi connectivity index (χ1n) is 12.0. The molecule has 0 saturated heterocycles. The van der Waals surface area contributed by atoms with E-state index in [1.165, 1.54) is 0 Å². The van der Waals surface area contributed by atoms with Crippen LogP contribution in [0.4, 0.5) is 14.5 Å². The van der Waals surface area contributed by atoms with E-state index in [1.807, 2.05) is 44.4 Å². The number of ether oxygens (including phenoxy) is 1. The molecule has 1 aliphatic carbocycles. The van der Waals surface area contributed by atoms with Crippen LogP contribution in [0.25, 0.3) is 22.0 Å². The monoisotopic (exact) mass is 480 g/mol. The molecule has 8 heteroatoms. The molecule has 0 unspecified atom stereocenters. The number of rotatable bonds is 6. The highest BCUT2D eigenvalue weighted by Gasteiger charge is 2.55. The number of hydrogen-bond donors (Lipinski definition) is 0. The van der Waals surface area contributed by atoms with Crippen molar-refractivity contribution >= 4 is 22.5 Å². The van der Waals surface area contributed by atoms with Crippen LogP contribution in [-0.2, 0) is 10.2 Å². The van der Waals surface area contributed by atoms with E-state index in [1.54, 1.807) is 24.3 Å². The minimum atomic E-state index is -2.72. The second-order valence-electron chi connectivity index (χ2n) is 9.94. The Morgan fingerprint density at radius 2 is 1.77 bits per heavy atom. The molecule has 3 aromatic rings. The van der Waals surface area contributed by atoms with Crippen molar-refractivity contribution in [3.8, 4) is 17.0 Å². The van der Waals surface area contributed by atoms with Gasteiger partial charge < -0.3 is 14.5 Å². The summed E-state index contributed by atoms with van der Waals surface area (Å²) in [5.41, 5.74) is 3.21. The molecule has 1 amide bonds. The van der Waals surface area contributed by atoms with Crippen LogP contribution < -0.4 is 9.64 Å². The molecule has 5 rings (SSSR count). The largest absolute Gasteiger partial charge is 0.478 e. The van der Waals surface area contributed by atoms with Crippen molar-refractivity contribution < 1.29 is 18.3 Å². The maximum absolute atomic E-state index is 14.0. The van der Waals surface area contributed by atoms with Gasteiger partial charge in [0.05, 0.1) is 29.4 Å². The molecule has 1 aromatic carbocycles. The van der Waals surface area contributed by atoms with Gasteiger partial charge >= 0.3 is 0 Å². The van der Waals surface area contributed by atoms with Gasteiger partial charge in [-0.05, 0) is 57.1 Å². The van der Waals surface area contributed by atoms with E-state index in [0.29, 0.717) is 18.2 Å². The molecule has 1 saturated carbocycles. The number of pyridine rings is 2. The van der Waals surface area contributed by atoms with E-state index >= 15 is 0 Å². The zero-order valence-corrected chi connectivity index (χ0v) is 20.4. The van der Waals surface area contributed by atoms with Crippen LogP contribution in [-0.4, -0.2) is 61.0 Å². The van der Waals surface area contributed by atoms with E-state index in [-0.39, 0.29) is 31.6 Å². The van der Waals surface area contributed by atoms with Gasteiger partial charge in [-0.15, -0.1) is 0 Å². The molecule has 2 aliphatic rings. The number of nitrogens with zero attached hydrogens (tertiary/aromatic N) is 4. The summed E-state index contributed by atoms with van der Waals surface area (Å²) in [6.07, 6.45) is 4.10. The lowest BCUT2D eigenvalue weighted by molar-refractivity contribution is -0.127. The average molecular weight is 481 g/mol. The van der Waals surface area contributed by atoms with Crippen molar-refractivity contribution in [3.63, 3.8) is 0 Å². The lowest BCUT2D eigenvalue weighted by atomic mass is 9.68. The molecule has 0 atom stereocenters. The summed E-state index contributed by atoms with van der Waals surface area (Å²) in [6.45, 7) is 1.55. The molecule has 1 spiro atoms. The van der Waals surface area contributed by atoms with Crippen molar-refractivity contribution in [2.75, 3.05) is 39.2 Å². The summed E-state index contributed by atoms with van der Waals surface area (Å²) in [7, 11) is 5.77. The molecule has 0 bridgehead atoms. The van der Waals surface area contributed by atoms with Crippen LogP contribution in [0.15, 0.2) is 42.7 Å². The van der Waals surface area contributed by atoms with Crippen LogP contribution in [0, 0.1) is 0 Å². The van der Waals surface area contributed by atoms with Gasteiger partial charge in [-0.1, -0.05) is 6.07 Å². The van der Waals surface area contributed by atoms with Crippen molar-refractivity contribution in [3.05, 3.63) is 48.3 Å². The predicted molar refractivity (Wildman–Crippen MR) is 132 cm³/mol. The molecule has 1 aliphatic heterocycles. The van der Waals surface area contributed by atoms with Crippen LogP contribution in [0.3, 0.4) is 0 Å². The van der Waals surface area contributed by atoms with Crippen molar-refractivity contribution in [1.82, 2.24) is 14.9 Å². The Kier molecular flexibility index (Phi) is 5.95. The fourth-order valence-electron chi connectivity index (χ4n) is 5.36. The Morgan fingerprint density at radius 3 is 2.46 bits per heavy atom. The minimum absolute atomic E-state index is 0.111. The van der Waals surface area contributed by atoms with Gasteiger partial charge in [-0.2, -0.15) is 0 Å². The molecule has 1 fully saturated rings. The molecule has 0 N–H and O–H groups in total. The highest BCUT2D eigenvalue weighted by atomic mass is 19.3. The third-order valence-electron chi connectivity index (χ3n) is 7.31. The van der Waals surface area contributed by atoms with Gasteiger partial charge in [0.25, 0.3) is 0 Å². The van der Waals surface area contributed by atoms with Crippen molar-refractivity contribution in [2.45, 2.75) is 43.4 Å². The van der Waals surface area contributed by atoms with E-state index in [0.717, 1.165) is 40.6 Å². The van der Waals surface area contributed by atoms with Gasteiger partial charge in [-0.25, -0.2) is 13.8 Å². The smallest absolute Gasteiger partial charge is 0.248 e. The second-order valence-corrected chi connectivity index (χ2v) is 9.94. The van der Waals surface area contributed by atoms with Crippen LogP contribution in [0.1, 0.15) is 37.7 Å². The third-order valence-corrected chi connectivity index (χ3v) is 7.31. The van der Waals surface area contributed by atoms with Gasteiger partial charge in [0, 0.05) is 55.2 Å². The fourth-order valence-corrected chi connectivity index (χ4v) is 5.36. The number of carbonyl (C=O) groups excluding carboxylic acids is 1. The lowest BCUT2D eigenvalue weighted by Gasteiger charge is -2.36. The zero-order valence-electron chi connectivity index (χ0n) is 20.4. The lowest BCUT2D eigenvalue weighted by Crippen LogP contribution is -2.44. The van der Waals surface area contributed by atoms with Gasteiger partial charge in [0.1, 0.15) is 0 Å². The standard InChI is InChI=1S/C27H30F2N4O2/c1-32(2)13-4-14-35-23-8-6-19(16-31-23)18-5-7-21-20(15-18)24-22(17-30-21)33(3)25(34)26(24)9-11-27(28,29)12-10-26/h5-8,15-17H,4,9-14H2,1-3H3. The first-order chi connectivity index (χ1) is 16.7. The maximum Gasteiger partial charge on any atom is 0.248 e. The predicted octanol–water partition coefficient (Wildman–Crippen LogP) is 5.05. The van der Waals surface area contributed by atoms with Gasteiger partial charge in [-0.3, -0.25) is 9.78 Å². The summed E-state index contributed by atoms with van der Waals surface area (Å²) < 4.78 is 33.8. The molecular weight excluding hydrogens is 450 g/mol. The van der Waals surface area contributed by atoms with Crippen LogP contribution >= 0.6 is 0 Å².